The molecule has 0 aromatic heterocycles. The molecule has 0 aliphatic heterocycles. The minimum absolute atomic E-state index is 0. The Balaban J connectivity index is 0. The zero-order valence-corrected chi connectivity index (χ0v) is 10.8. The van der Waals surface area contributed by atoms with Crippen LogP contribution in [0.2, 0.25) is 0 Å². The SMILES string of the molecule is COP(=S)([S-])C(C)=O.[Zn]. The molecule has 0 saturated carbocycles. The fourth-order valence-electron chi connectivity index (χ4n) is 0.129. The van der Waals surface area contributed by atoms with Crippen LogP contribution in [0.5, 0.6) is 0 Å². The average molecular weight is 235 g/mol. The maximum absolute atomic E-state index is 10.4. The van der Waals surface area contributed by atoms with Gasteiger partial charge in [0.25, 0.3) is 0 Å². The third-order valence-corrected chi connectivity index (χ3v) is 4.32. The number of hydrogen-bond acceptors (Lipinski definition) is 4. The molecule has 0 fully saturated rings. The summed E-state index contributed by atoms with van der Waals surface area (Å²) in [4.78, 5) is 10.4. The molecule has 0 aliphatic rings. The second kappa shape index (κ2) is 4.98. The van der Waals surface area contributed by atoms with E-state index in [0.717, 1.165) is 0 Å². The summed E-state index contributed by atoms with van der Waals surface area (Å²) in [7, 11) is 1.37. The van der Waals surface area contributed by atoms with Crippen LogP contribution < -0.4 is 0 Å². The van der Waals surface area contributed by atoms with Crippen molar-refractivity contribution in [1.29, 1.82) is 0 Å². The second-order valence-corrected chi connectivity index (χ2v) is 6.97. The Kier molecular flexibility index (Phi) is 7.13. The van der Waals surface area contributed by atoms with Crippen molar-refractivity contribution in [3.05, 3.63) is 0 Å². The van der Waals surface area contributed by atoms with E-state index in [9.17, 15) is 4.79 Å². The van der Waals surface area contributed by atoms with Gasteiger partial charge in [0.05, 0.1) is 0 Å². The first kappa shape index (κ1) is 12.9. The fourth-order valence-corrected chi connectivity index (χ4v) is 0.386. The first-order valence-corrected chi connectivity index (χ1v) is 5.62. The van der Waals surface area contributed by atoms with E-state index in [-0.39, 0.29) is 25.0 Å². The molecular weight excluding hydrogens is 229 g/mol. The third kappa shape index (κ3) is 4.63. The Morgan fingerprint density at radius 3 is 2.11 bits per heavy atom. The molecule has 6 heteroatoms. The maximum atomic E-state index is 10.4. The summed E-state index contributed by atoms with van der Waals surface area (Å²) in [5.74, 6) is 0. The van der Waals surface area contributed by atoms with Crippen molar-refractivity contribution in [1.82, 2.24) is 0 Å². The molecule has 0 aromatic rings. The van der Waals surface area contributed by atoms with E-state index in [2.05, 4.69) is 28.6 Å². The van der Waals surface area contributed by atoms with Gasteiger partial charge in [-0.3, -0.25) is 4.79 Å². The Bertz CT molecular complexity index is 149. The molecule has 0 spiro atoms. The molecule has 0 N–H and O–H groups in total. The quantitative estimate of drug-likeness (QED) is 0.405. The molecule has 2 nitrogen and oxygen atoms in total. The Labute approximate surface area is 77.7 Å². The van der Waals surface area contributed by atoms with Crippen LogP contribution in [0, 0.1) is 0 Å². The minimum Gasteiger partial charge on any atom is -0.712 e. The summed E-state index contributed by atoms with van der Waals surface area (Å²) in [5, 5.41) is 0. The zero-order chi connectivity index (χ0) is 6.78. The van der Waals surface area contributed by atoms with Gasteiger partial charge in [-0.15, -0.1) is 0 Å². The molecule has 0 radical (unpaired) electrons. The van der Waals surface area contributed by atoms with Crippen molar-refractivity contribution < 1.29 is 28.8 Å². The van der Waals surface area contributed by atoms with E-state index in [1.807, 2.05) is 0 Å². The van der Waals surface area contributed by atoms with Crippen LogP contribution in [-0.4, -0.2) is 12.6 Å². The smallest absolute Gasteiger partial charge is 0.163 e. The molecular formula is C3H6O2PS2Zn-. The Morgan fingerprint density at radius 2 is 2.11 bits per heavy atom. The molecule has 0 aliphatic carbocycles. The van der Waals surface area contributed by atoms with Gasteiger partial charge in [-0.25, -0.2) is 0 Å². The van der Waals surface area contributed by atoms with Gasteiger partial charge in [0.1, 0.15) is 0 Å². The Morgan fingerprint density at radius 1 is 1.78 bits per heavy atom. The summed E-state index contributed by atoms with van der Waals surface area (Å²) in [6, 6.07) is 0. The summed E-state index contributed by atoms with van der Waals surface area (Å²) in [6.07, 6.45) is 0. The first-order valence-electron chi connectivity index (χ1n) is 1.88. The molecule has 50 valence electrons. The summed E-state index contributed by atoms with van der Waals surface area (Å²) in [5.41, 5.74) is -2.67. The predicted molar refractivity (Wildman–Crippen MR) is 39.3 cm³/mol. The van der Waals surface area contributed by atoms with E-state index >= 15 is 0 Å². The van der Waals surface area contributed by atoms with Crippen molar-refractivity contribution in [2.45, 2.75) is 6.92 Å². The summed E-state index contributed by atoms with van der Waals surface area (Å²) < 4.78 is 4.59. The third-order valence-electron chi connectivity index (χ3n) is 0.626. The summed E-state index contributed by atoms with van der Waals surface area (Å²) >= 11 is 9.25. The average Bonchev–Trinajstić information content (AvgIpc) is 1.67. The van der Waals surface area contributed by atoms with Gasteiger partial charge in [-0.05, 0) is 6.92 Å². The fraction of sp³-hybridized carbons (Fsp3) is 0.667. The molecule has 0 saturated heterocycles. The molecule has 9 heavy (non-hydrogen) atoms. The molecule has 1 unspecified atom stereocenters. The van der Waals surface area contributed by atoms with Crippen LogP contribution in [0.3, 0.4) is 0 Å². The zero-order valence-electron chi connectivity index (χ0n) is 5.29. The topological polar surface area (TPSA) is 26.3 Å². The number of carbonyl (C=O) groups is 1. The maximum Gasteiger partial charge on any atom is 0.163 e. The van der Waals surface area contributed by atoms with Crippen LogP contribution in [0.1, 0.15) is 6.92 Å². The number of hydrogen-bond donors (Lipinski definition) is 0. The van der Waals surface area contributed by atoms with Gasteiger partial charge in [0.15, 0.2) is 5.52 Å². The standard InChI is InChI=1S/C3H7O2PS2.Zn/c1-3(4)6(7,8)5-2;/h1-2H3,(H,7,8);/p-1. The summed E-state index contributed by atoms with van der Waals surface area (Å²) in [6.45, 7) is 1.36. The van der Waals surface area contributed by atoms with E-state index in [0.29, 0.717) is 0 Å². The van der Waals surface area contributed by atoms with Crippen molar-refractivity contribution in [2.75, 3.05) is 7.11 Å². The monoisotopic (exact) mass is 233 g/mol. The van der Waals surface area contributed by atoms with Gasteiger partial charge in [0, 0.05) is 32.1 Å². The number of rotatable bonds is 2. The van der Waals surface area contributed by atoms with Crippen LogP contribution in [0.15, 0.2) is 0 Å². The van der Waals surface area contributed by atoms with E-state index in [1.165, 1.54) is 14.0 Å². The van der Waals surface area contributed by atoms with Gasteiger partial charge >= 0.3 is 0 Å². The minimum atomic E-state index is -2.47. The van der Waals surface area contributed by atoms with Crippen LogP contribution in [-0.2, 0) is 52.9 Å². The molecule has 0 rings (SSSR count). The van der Waals surface area contributed by atoms with Crippen LogP contribution in [0.4, 0.5) is 0 Å². The largest absolute Gasteiger partial charge is 0.712 e. The van der Waals surface area contributed by atoms with Crippen molar-refractivity contribution in [2.24, 2.45) is 0 Å². The van der Waals surface area contributed by atoms with Gasteiger partial charge in [0.2, 0.25) is 0 Å². The number of carbonyl (C=O) groups excluding carboxylic acids is 1. The van der Waals surface area contributed by atoms with Gasteiger partial charge in [-0.1, -0.05) is 11.8 Å². The van der Waals surface area contributed by atoms with Crippen molar-refractivity contribution in [3.8, 4) is 0 Å². The van der Waals surface area contributed by atoms with Gasteiger partial charge in [-0.2, -0.15) is 0 Å². The molecule has 0 aromatic carbocycles. The predicted octanol–water partition coefficient (Wildman–Crippen LogP) is 1.03. The first-order chi connectivity index (χ1) is 3.50. The molecule has 0 bridgehead atoms. The molecule has 0 amide bonds. The normalized spacial score (nSPS) is 15.4. The Hall–Kier alpha value is 1.25. The van der Waals surface area contributed by atoms with E-state index < -0.39 is 5.47 Å². The van der Waals surface area contributed by atoms with Crippen LogP contribution in [0.25, 0.3) is 0 Å². The van der Waals surface area contributed by atoms with E-state index in [4.69, 9.17) is 0 Å². The van der Waals surface area contributed by atoms with Crippen molar-refractivity contribution >= 4 is 35.0 Å². The van der Waals surface area contributed by atoms with E-state index in [1.54, 1.807) is 0 Å². The van der Waals surface area contributed by atoms with Gasteiger partial charge < -0.3 is 16.8 Å². The molecule has 1 atom stereocenters. The van der Waals surface area contributed by atoms with Crippen LogP contribution >= 0.6 is 5.47 Å². The van der Waals surface area contributed by atoms with Crippen molar-refractivity contribution in [3.63, 3.8) is 0 Å². The molecule has 0 heterocycles. The second-order valence-electron chi connectivity index (χ2n) is 1.20.